The maximum Gasteiger partial charge on any atom is 0.408 e. The highest BCUT2D eigenvalue weighted by molar-refractivity contribution is 5.87. The molecule has 56 heavy (non-hydrogen) atoms. The van der Waals surface area contributed by atoms with Crippen molar-refractivity contribution in [3.05, 3.63) is 144 Å². The van der Waals surface area contributed by atoms with Gasteiger partial charge in [0.2, 0.25) is 11.8 Å². The Morgan fingerprint density at radius 1 is 0.500 bits per heavy atom. The number of hydrogen-bond acceptors (Lipinski definition) is 7. The Bertz CT molecular complexity index is 1650. The van der Waals surface area contributed by atoms with E-state index in [1.807, 2.05) is 149 Å². The third-order valence-electron chi connectivity index (χ3n) is 10.0. The average Bonchev–Trinajstić information content (AvgIpc) is 3.23. The highest BCUT2D eigenvalue weighted by atomic mass is 16.6. The summed E-state index contributed by atoms with van der Waals surface area (Å²) in [4.78, 5) is 54.2. The number of rotatable bonds is 20. The van der Waals surface area contributed by atoms with Gasteiger partial charge in [-0.1, -0.05) is 162 Å². The van der Waals surface area contributed by atoms with Crippen LogP contribution < -0.4 is 21.3 Å². The SMILES string of the molecule is CC[C@H](C)[C@H](NC(=O)OCc1ccccc1)C(=O)N[C@@H](Cc1ccccc1)C(O)[C@H](Cc1ccccc1)NC(=O)[C@@H](NC(=O)OCc1ccccc1)[C@@H](C)CC. The maximum absolute atomic E-state index is 14.1. The van der Waals surface area contributed by atoms with Crippen molar-refractivity contribution in [2.45, 2.75) is 96.9 Å². The van der Waals surface area contributed by atoms with Gasteiger partial charge in [-0.05, 0) is 46.9 Å². The van der Waals surface area contributed by atoms with E-state index in [0.717, 1.165) is 22.3 Å². The number of alkyl carbamates (subject to hydrolysis) is 2. The lowest BCUT2D eigenvalue weighted by molar-refractivity contribution is -0.127. The molecule has 0 aromatic heterocycles. The molecule has 0 aliphatic rings. The van der Waals surface area contributed by atoms with Crippen LogP contribution in [0, 0.1) is 11.8 Å². The molecule has 0 saturated carbocycles. The number of carbonyl (C=O) groups excluding carboxylic acids is 4. The van der Waals surface area contributed by atoms with Crippen LogP contribution in [-0.4, -0.2) is 59.4 Å². The Hall–Kier alpha value is -5.68. The molecule has 0 unspecified atom stereocenters. The average molecular weight is 765 g/mol. The molecule has 0 aliphatic heterocycles. The number of hydrogen-bond donors (Lipinski definition) is 5. The van der Waals surface area contributed by atoms with E-state index in [-0.39, 0.29) is 37.9 Å². The molecule has 0 bridgehead atoms. The number of amides is 4. The highest BCUT2D eigenvalue weighted by Crippen LogP contribution is 2.17. The van der Waals surface area contributed by atoms with E-state index in [1.165, 1.54) is 0 Å². The van der Waals surface area contributed by atoms with Crippen molar-refractivity contribution in [3.8, 4) is 0 Å². The zero-order valence-corrected chi connectivity index (χ0v) is 32.7. The quantitative estimate of drug-likeness (QED) is 0.0690. The van der Waals surface area contributed by atoms with Crippen molar-refractivity contribution >= 4 is 24.0 Å². The van der Waals surface area contributed by atoms with Gasteiger partial charge in [0.25, 0.3) is 0 Å². The Morgan fingerprint density at radius 2 is 0.804 bits per heavy atom. The molecule has 0 aliphatic carbocycles. The third kappa shape index (κ3) is 13.9. The zero-order valence-electron chi connectivity index (χ0n) is 32.7. The van der Waals surface area contributed by atoms with Gasteiger partial charge in [-0.3, -0.25) is 9.59 Å². The Balaban J connectivity index is 1.57. The molecule has 4 amide bonds. The summed E-state index contributed by atoms with van der Waals surface area (Å²) in [5.41, 5.74) is 3.30. The molecule has 4 aromatic rings. The lowest BCUT2D eigenvalue weighted by atomic mass is 9.90. The Labute approximate surface area is 330 Å². The first-order chi connectivity index (χ1) is 27.1. The van der Waals surface area contributed by atoms with Crippen molar-refractivity contribution in [1.29, 1.82) is 0 Å². The predicted molar refractivity (Wildman–Crippen MR) is 216 cm³/mol. The molecule has 11 heteroatoms. The van der Waals surface area contributed by atoms with Gasteiger partial charge in [0.1, 0.15) is 25.3 Å². The fourth-order valence-corrected chi connectivity index (χ4v) is 6.26. The molecule has 298 valence electrons. The normalized spacial score (nSPS) is 14.2. The lowest BCUT2D eigenvalue weighted by Gasteiger charge is -2.34. The maximum atomic E-state index is 14.1. The summed E-state index contributed by atoms with van der Waals surface area (Å²) in [6, 6.07) is 33.5. The van der Waals surface area contributed by atoms with Gasteiger partial charge in [-0.15, -0.1) is 0 Å². The van der Waals surface area contributed by atoms with Crippen LogP contribution >= 0.6 is 0 Å². The molecule has 0 heterocycles. The van der Waals surface area contributed by atoms with Crippen molar-refractivity contribution < 1.29 is 33.8 Å². The van der Waals surface area contributed by atoms with Crippen molar-refractivity contribution in [3.63, 3.8) is 0 Å². The second-order valence-corrected chi connectivity index (χ2v) is 14.2. The number of carbonyl (C=O) groups is 4. The largest absolute Gasteiger partial charge is 0.445 e. The topological polar surface area (TPSA) is 155 Å². The summed E-state index contributed by atoms with van der Waals surface area (Å²) in [5, 5.41) is 23.8. The van der Waals surface area contributed by atoms with Crippen LogP contribution in [0.1, 0.15) is 62.8 Å². The smallest absolute Gasteiger partial charge is 0.408 e. The van der Waals surface area contributed by atoms with Gasteiger partial charge in [-0.25, -0.2) is 9.59 Å². The Morgan fingerprint density at radius 3 is 1.11 bits per heavy atom. The van der Waals surface area contributed by atoms with Gasteiger partial charge in [0, 0.05) is 0 Å². The van der Waals surface area contributed by atoms with Crippen molar-refractivity contribution in [1.82, 2.24) is 21.3 Å². The second-order valence-electron chi connectivity index (χ2n) is 14.2. The van der Waals surface area contributed by atoms with E-state index >= 15 is 0 Å². The highest BCUT2D eigenvalue weighted by Gasteiger charge is 2.36. The monoisotopic (exact) mass is 764 g/mol. The summed E-state index contributed by atoms with van der Waals surface area (Å²) >= 11 is 0. The minimum atomic E-state index is -1.31. The van der Waals surface area contributed by atoms with E-state index in [0.29, 0.717) is 12.8 Å². The van der Waals surface area contributed by atoms with Crippen LogP contribution in [-0.2, 0) is 45.1 Å². The van der Waals surface area contributed by atoms with E-state index in [1.54, 1.807) is 0 Å². The first-order valence-corrected chi connectivity index (χ1v) is 19.4. The number of benzene rings is 4. The van der Waals surface area contributed by atoms with Gasteiger partial charge in [-0.2, -0.15) is 0 Å². The molecule has 0 fully saturated rings. The van der Waals surface area contributed by atoms with E-state index in [2.05, 4.69) is 21.3 Å². The van der Waals surface area contributed by atoms with E-state index in [9.17, 15) is 24.3 Å². The summed E-state index contributed by atoms with van der Waals surface area (Å²) in [7, 11) is 0. The molecular weight excluding hydrogens is 709 g/mol. The van der Waals surface area contributed by atoms with Gasteiger partial charge >= 0.3 is 12.2 Å². The van der Waals surface area contributed by atoms with Crippen LogP contribution in [0.5, 0.6) is 0 Å². The van der Waals surface area contributed by atoms with Crippen LogP contribution in [0.2, 0.25) is 0 Å². The number of nitrogens with one attached hydrogen (secondary N) is 4. The van der Waals surface area contributed by atoms with Gasteiger partial charge in [0.15, 0.2) is 0 Å². The fourth-order valence-electron chi connectivity index (χ4n) is 6.26. The first-order valence-electron chi connectivity index (χ1n) is 19.4. The van der Waals surface area contributed by atoms with Crippen LogP contribution in [0.3, 0.4) is 0 Å². The predicted octanol–water partition coefficient (Wildman–Crippen LogP) is 6.48. The second kappa shape index (κ2) is 22.6. The van der Waals surface area contributed by atoms with Crippen LogP contribution in [0.15, 0.2) is 121 Å². The number of ether oxygens (including phenoxy) is 2. The van der Waals surface area contributed by atoms with Crippen molar-refractivity contribution in [2.24, 2.45) is 11.8 Å². The fraction of sp³-hybridized carbons (Fsp3) is 0.378. The molecule has 6 atom stereocenters. The third-order valence-corrected chi connectivity index (χ3v) is 10.0. The molecule has 4 aromatic carbocycles. The molecule has 0 saturated heterocycles. The minimum Gasteiger partial charge on any atom is -0.445 e. The summed E-state index contributed by atoms with van der Waals surface area (Å²) in [6.07, 6.45) is -1.20. The lowest BCUT2D eigenvalue weighted by Crippen LogP contribution is -2.61. The van der Waals surface area contributed by atoms with E-state index < -0.39 is 54.3 Å². The Kier molecular flexibility index (Phi) is 17.4. The van der Waals surface area contributed by atoms with Crippen LogP contribution in [0.25, 0.3) is 0 Å². The molecular formula is C45H56N4O7. The summed E-state index contributed by atoms with van der Waals surface area (Å²) < 4.78 is 10.9. The molecule has 11 nitrogen and oxygen atoms in total. The van der Waals surface area contributed by atoms with Gasteiger partial charge in [0.05, 0.1) is 18.2 Å². The molecule has 5 N–H and O–H groups in total. The van der Waals surface area contributed by atoms with Crippen molar-refractivity contribution in [2.75, 3.05) is 0 Å². The number of aliphatic hydroxyl groups excluding tert-OH is 1. The zero-order chi connectivity index (χ0) is 40.3. The molecule has 0 spiro atoms. The van der Waals surface area contributed by atoms with Gasteiger partial charge < -0.3 is 35.8 Å². The molecule has 0 radical (unpaired) electrons. The first kappa shape index (κ1) is 43.1. The summed E-state index contributed by atoms with van der Waals surface area (Å²) in [5.74, 6) is -1.56. The number of aliphatic hydroxyl groups is 1. The standard InChI is InChI=1S/C45H56N4O7/c1-5-31(3)39(48-44(53)55-29-35-23-15-9-16-24-35)42(51)46-37(27-33-19-11-7-12-20-33)41(50)38(28-34-21-13-8-14-22-34)47-43(52)40(32(4)6-2)49-45(54)56-30-36-25-17-10-18-26-36/h7-26,31-32,37-41,50H,5-6,27-30H2,1-4H3,(H,46,51)(H,47,52)(H,48,53)(H,49,54)/t31-,32-,37-,38-,39-,40-/m0/s1. The minimum absolute atomic E-state index is 0.0367. The molecule has 4 rings (SSSR count). The summed E-state index contributed by atoms with van der Waals surface area (Å²) in [6.45, 7) is 7.63. The van der Waals surface area contributed by atoms with E-state index in [4.69, 9.17) is 9.47 Å². The van der Waals surface area contributed by atoms with Crippen LogP contribution in [0.4, 0.5) is 9.59 Å².